The Morgan fingerprint density at radius 1 is 0.815 bits per heavy atom. The second-order valence-corrected chi connectivity index (χ2v) is 8.60. The van der Waals surface area contributed by atoms with Crippen molar-refractivity contribution in [1.82, 2.24) is 4.90 Å². The summed E-state index contributed by atoms with van der Waals surface area (Å²) in [5.41, 5.74) is 1.55. The van der Waals surface area contributed by atoms with Gasteiger partial charge in [0.2, 0.25) is 0 Å². The summed E-state index contributed by atoms with van der Waals surface area (Å²) in [5.74, 6) is 0. The molecule has 0 atom stereocenters. The summed E-state index contributed by atoms with van der Waals surface area (Å²) in [6, 6.07) is 20.6. The van der Waals surface area contributed by atoms with E-state index in [0.717, 1.165) is 42.6 Å². The monoisotopic (exact) mass is 381 g/mol. The fourth-order valence-electron chi connectivity index (χ4n) is 3.42. The lowest BCUT2D eigenvalue weighted by molar-refractivity contribution is 0.313. The molecule has 0 unspecified atom stereocenters. The molecule has 0 aliphatic carbocycles. The van der Waals surface area contributed by atoms with Gasteiger partial charge in [-0.1, -0.05) is 42.5 Å². The van der Waals surface area contributed by atoms with E-state index in [1.54, 1.807) is 12.1 Å². The summed E-state index contributed by atoms with van der Waals surface area (Å²) in [5, 5.41) is 1.93. The van der Waals surface area contributed by atoms with Gasteiger partial charge >= 0.3 is 0 Å². The number of benzene rings is 3. The summed E-state index contributed by atoms with van der Waals surface area (Å²) in [4.78, 5) is 4.78. The van der Waals surface area contributed by atoms with Crippen LogP contribution in [0.3, 0.4) is 0 Å². The van der Waals surface area contributed by atoms with Gasteiger partial charge in [0, 0.05) is 26.2 Å². The van der Waals surface area contributed by atoms with Crippen LogP contribution in [0.15, 0.2) is 71.6 Å². The van der Waals surface area contributed by atoms with Crippen LogP contribution in [-0.4, -0.2) is 46.5 Å². The van der Waals surface area contributed by atoms with E-state index in [2.05, 4.69) is 21.6 Å². The number of rotatable bonds is 4. The summed E-state index contributed by atoms with van der Waals surface area (Å²) < 4.78 is 28.8. The smallest absolute Gasteiger partial charge is 0.261 e. The highest BCUT2D eigenvalue weighted by molar-refractivity contribution is 7.92. The normalized spacial score (nSPS) is 15.8. The quantitative estimate of drug-likeness (QED) is 0.753. The topological polar surface area (TPSA) is 52.6 Å². The molecular formula is C21H23N3O2S. The Hall–Kier alpha value is -2.57. The molecule has 4 rings (SSSR count). The van der Waals surface area contributed by atoms with Gasteiger partial charge in [0.25, 0.3) is 10.0 Å². The standard InChI is InChI=1S/C21H23N3O2S/c1-23-12-14-24(15-13-23)21-9-5-4-8-20(21)22-27(25,26)19-11-10-17-6-2-3-7-18(17)16-19/h2-11,16,22H,12-15H2,1H3. The molecule has 1 heterocycles. The molecule has 0 amide bonds. The van der Waals surface area contributed by atoms with Gasteiger partial charge in [-0.25, -0.2) is 8.42 Å². The van der Waals surface area contributed by atoms with Gasteiger partial charge in [0.15, 0.2) is 0 Å². The first kappa shape index (κ1) is 17.8. The van der Waals surface area contributed by atoms with Crippen LogP contribution in [0.25, 0.3) is 10.8 Å². The van der Waals surface area contributed by atoms with Gasteiger partial charge < -0.3 is 9.80 Å². The van der Waals surface area contributed by atoms with Gasteiger partial charge in [-0.05, 0) is 42.1 Å². The Morgan fingerprint density at radius 2 is 1.48 bits per heavy atom. The molecular weight excluding hydrogens is 358 g/mol. The molecule has 1 aliphatic rings. The predicted octanol–water partition coefficient (Wildman–Crippen LogP) is 3.39. The van der Waals surface area contributed by atoms with Crippen LogP contribution in [0.5, 0.6) is 0 Å². The predicted molar refractivity (Wildman–Crippen MR) is 111 cm³/mol. The Bertz CT molecular complexity index is 1060. The van der Waals surface area contributed by atoms with E-state index in [0.29, 0.717) is 5.69 Å². The molecule has 1 saturated heterocycles. The van der Waals surface area contributed by atoms with E-state index < -0.39 is 10.0 Å². The third-order valence-electron chi connectivity index (χ3n) is 5.02. The van der Waals surface area contributed by atoms with Crippen LogP contribution in [-0.2, 0) is 10.0 Å². The number of para-hydroxylation sites is 2. The molecule has 0 spiro atoms. The largest absolute Gasteiger partial charge is 0.367 e. The molecule has 0 radical (unpaired) electrons. The van der Waals surface area contributed by atoms with Crippen molar-refractivity contribution in [2.45, 2.75) is 4.90 Å². The zero-order chi connectivity index (χ0) is 18.9. The van der Waals surface area contributed by atoms with Crippen molar-refractivity contribution in [3.05, 3.63) is 66.7 Å². The summed E-state index contributed by atoms with van der Waals surface area (Å²) >= 11 is 0. The molecule has 1 N–H and O–H groups in total. The van der Waals surface area contributed by atoms with E-state index in [1.165, 1.54) is 0 Å². The highest BCUT2D eigenvalue weighted by Gasteiger charge is 2.20. The second-order valence-electron chi connectivity index (χ2n) is 6.92. The first-order valence-electron chi connectivity index (χ1n) is 9.07. The SMILES string of the molecule is CN1CCN(c2ccccc2NS(=O)(=O)c2ccc3ccccc3c2)CC1. The van der Waals surface area contributed by atoms with Crippen LogP contribution < -0.4 is 9.62 Å². The fourth-order valence-corrected chi connectivity index (χ4v) is 4.53. The maximum absolute atomic E-state index is 13.0. The average Bonchev–Trinajstić information content (AvgIpc) is 2.68. The van der Waals surface area contributed by atoms with Crippen molar-refractivity contribution in [3.8, 4) is 0 Å². The molecule has 3 aromatic carbocycles. The zero-order valence-electron chi connectivity index (χ0n) is 15.3. The Kier molecular flexibility index (Phi) is 4.76. The van der Waals surface area contributed by atoms with Gasteiger partial charge in [0.1, 0.15) is 0 Å². The molecule has 1 aliphatic heterocycles. The zero-order valence-corrected chi connectivity index (χ0v) is 16.1. The first-order chi connectivity index (χ1) is 13.0. The maximum Gasteiger partial charge on any atom is 0.261 e. The van der Waals surface area contributed by atoms with Crippen LogP contribution in [0.2, 0.25) is 0 Å². The number of hydrogen-bond donors (Lipinski definition) is 1. The van der Waals surface area contributed by atoms with Crippen LogP contribution in [0.4, 0.5) is 11.4 Å². The number of piperazine rings is 1. The van der Waals surface area contributed by atoms with Crippen LogP contribution in [0, 0.1) is 0 Å². The average molecular weight is 382 g/mol. The van der Waals surface area contributed by atoms with E-state index >= 15 is 0 Å². The fraction of sp³-hybridized carbons (Fsp3) is 0.238. The van der Waals surface area contributed by atoms with Crippen molar-refractivity contribution < 1.29 is 8.42 Å². The molecule has 3 aromatic rings. The molecule has 6 heteroatoms. The molecule has 0 bridgehead atoms. The van der Waals surface area contributed by atoms with Crippen molar-refractivity contribution in [3.63, 3.8) is 0 Å². The van der Waals surface area contributed by atoms with Gasteiger partial charge in [-0.2, -0.15) is 0 Å². The maximum atomic E-state index is 13.0. The van der Waals surface area contributed by atoms with E-state index in [-0.39, 0.29) is 4.90 Å². The lowest BCUT2D eigenvalue weighted by atomic mass is 10.1. The molecule has 0 aromatic heterocycles. The highest BCUT2D eigenvalue weighted by atomic mass is 32.2. The highest BCUT2D eigenvalue weighted by Crippen LogP contribution is 2.29. The minimum absolute atomic E-state index is 0.273. The number of nitrogens with one attached hydrogen (secondary N) is 1. The molecule has 27 heavy (non-hydrogen) atoms. The van der Waals surface area contributed by atoms with E-state index in [9.17, 15) is 8.42 Å². The third-order valence-corrected chi connectivity index (χ3v) is 6.39. The van der Waals surface area contributed by atoms with Gasteiger partial charge in [-0.15, -0.1) is 0 Å². The number of hydrogen-bond acceptors (Lipinski definition) is 4. The molecule has 140 valence electrons. The Balaban J connectivity index is 1.64. The summed E-state index contributed by atoms with van der Waals surface area (Å²) in [6.07, 6.45) is 0. The number of fused-ring (bicyclic) bond motifs is 1. The number of anilines is 2. The van der Waals surface area contributed by atoms with Crippen molar-refractivity contribution in [2.24, 2.45) is 0 Å². The Morgan fingerprint density at radius 3 is 2.26 bits per heavy atom. The van der Waals surface area contributed by atoms with E-state index in [4.69, 9.17) is 0 Å². The van der Waals surface area contributed by atoms with Crippen molar-refractivity contribution >= 4 is 32.2 Å². The molecule has 1 fully saturated rings. The molecule has 0 saturated carbocycles. The number of nitrogens with zero attached hydrogens (tertiary/aromatic N) is 2. The number of likely N-dealkylation sites (N-methyl/N-ethyl adjacent to an activating group) is 1. The lowest BCUT2D eigenvalue weighted by Crippen LogP contribution is -2.44. The second kappa shape index (κ2) is 7.21. The summed E-state index contributed by atoms with van der Waals surface area (Å²) in [7, 11) is -1.56. The molecule has 5 nitrogen and oxygen atoms in total. The van der Waals surface area contributed by atoms with Gasteiger partial charge in [0.05, 0.1) is 16.3 Å². The van der Waals surface area contributed by atoms with Crippen molar-refractivity contribution in [2.75, 3.05) is 42.8 Å². The minimum Gasteiger partial charge on any atom is -0.367 e. The minimum atomic E-state index is -3.66. The van der Waals surface area contributed by atoms with Crippen LogP contribution >= 0.6 is 0 Å². The Labute approximate surface area is 160 Å². The first-order valence-corrected chi connectivity index (χ1v) is 10.6. The van der Waals surface area contributed by atoms with Gasteiger partial charge in [-0.3, -0.25) is 4.72 Å². The summed E-state index contributed by atoms with van der Waals surface area (Å²) in [6.45, 7) is 3.69. The van der Waals surface area contributed by atoms with Crippen LogP contribution in [0.1, 0.15) is 0 Å². The third kappa shape index (κ3) is 3.77. The lowest BCUT2D eigenvalue weighted by Gasteiger charge is -2.35. The van der Waals surface area contributed by atoms with E-state index in [1.807, 2.05) is 54.6 Å². The number of sulfonamides is 1. The van der Waals surface area contributed by atoms with Crippen molar-refractivity contribution in [1.29, 1.82) is 0 Å².